The lowest BCUT2D eigenvalue weighted by atomic mass is 9.91. The van der Waals surface area contributed by atoms with Gasteiger partial charge >= 0.3 is 0 Å². The molecule has 0 spiro atoms. The van der Waals surface area contributed by atoms with Crippen LogP contribution in [0.4, 0.5) is 0 Å². The maximum Gasteiger partial charge on any atom is 0.221 e. The molecule has 4 aromatic rings. The van der Waals surface area contributed by atoms with E-state index in [9.17, 15) is 4.79 Å². The number of rotatable bonds is 7. The first-order valence-corrected chi connectivity index (χ1v) is 9.34. The number of hydrogen-bond donors (Lipinski definition) is 2. The van der Waals surface area contributed by atoms with Crippen LogP contribution >= 0.6 is 0 Å². The van der Waals surface area contributed by atoms with E-state index in [0.29, 0.717) is 18.1 Å². The van der Waals surface area contributed by atoms with Gasteiger partial charge in [-0.3, -0.25) is 19.9 Å². The van der Waals surface area contributed by atoms with Crippen molar-refractivity contribution in [1.82, 2.24) is 30.5 Å². The van der Waals surface area contributed by atoms with Crippen molar-refractivity contribution in [2.45, 2.75) is 18.9 Å². The number of amides is 1. The van der Waals surface area contributed by atoms with Gasteiger partial charge in [-0.2, -0.15) is 5.10 Å². The Labute approximate surface area is 168 Å². The fourth-order valence-corrected chi connectivity index (χ4v) is 3.10. The van der Waals surface area contributed by atoms with E-state index in [1.807, 2.05) is 60.7 Å². The standard InChI is InChI=1S/C22H20N6O/c29-21(25-15-20-26-22(28-27-20)17-9-12-23-13-10-17)14-18(16-6-2-1-3-7-16)19-8-4-5-11-24-19/h1-13,18H,14-15H2,(H,25,29)(H,26,27,28)/t18-/m1/s1. The summed E-state index contributed by atoms with van der Waals surface area (Å²) in [7, 11) is 0. The highest BCUT2D eigenvalue weighted by Crippen LogP contribution is 2.26. The average molecular weight is 384 g/mol. The first-order chi connectivity index (χ1) is 14.3. The summed E-state index contributed by atoms with van der Waals surface area (Å²) >= 11 is 0. The van der Waals surface area contributed by atoms with E-state index in [0.717, 1.165) is 16.8 Å². The van der Waals surface area contributed by atoms with Crippen LogP contribution in [0.2, 0.25) is 0 Å². The van der Waals surface area contributed by atoms with Gasteiger partial charge in [0.15, 0.2) is 5.82 Å². The van der Waals surface area contributed by atoms with Crippen LogP contribution < -0.4 is 5.32 Å². The molecule has 0 fully saturated rings. The van der Waals surface area contributed by atoms with E-state index in [1.165, 1.54) is 0 Å². The van der Waals surface area contributed by atoms with Gasteiger partial charge in [-0.1, -0.05) is 36.4 Å². The number of nitrogens with one attached hydrogen (secondary N) is 2. The van der Waals surface area contributed by atoms with E-state index >= 15 is 0 Å². The molecule has 1 amide bonds. The third-order valence-corrected chi connectivity index (χ3v) is 4.56. The van der Waals surface area contributed by atoms with Gasteiger partial charge in [-0.15, -0.1) is 0 Å². The SMILES string of the molecule is O=C(C[C@H](c1ccccc1)c1ccccn1)NCc1nc(-c2ccncc2)n[nH]1. The average Bonchev–Trinajstić information content (AvgIpc) is 3.27. The molecular formula is C22H20N6O. The quantitative estimate of drug-likeness (QED) is 0.510. The summed E-state index contributed by atoms with van der Waals surface area (Å²) < 4.78 is 0. The number of pyridine rings is 2. The molecule has 0 aliphatic carbocycles. The van der Waals surface area contributed by atoms with Crippen LogP contribution in [0.3, 0.4) is 0 Å². The molecule has 1 atom stereocenters. The van der Waals surface area contributed by atoms with Crippen molar-refractivity contribution in [2.24, 2.45) is 0 Å². The normalized spacial score (nSPS) is 11.7. The van der Waals surface area contributed by atoms with Gasteiger partial charge in [0.1, 0.15) is 5.82 Å². The van der Waals surface area contributed by atoms with Crippen molar-refractivity contribution < 1.29 is 4.79 Å². The molecule has 144 valence electrons. The van der Waals surface area contributed by atoms with E-state index in [4.69, 9.17) is 0 Å². The van der Waals surface area contributed by atoms with Gasteiger partial charge in [0.05, 0.1) is 6.54 Å². The zero-order valence-electron chi connectivity index (χ0n) is 15.7. The second kappa shape index (κ2) is 8.88. The summed E-state index contributed by atoms with van der Waals surface area (Å²) in [6, 6.07) is 19.4. The minimum Gasteiger partial charge on any atom is -0.349 e. The largest absolute Gasteiger partial charge is 0.349 e. The third-order valence-electron chi connectivity index (χ3n) is 4.56. The molecule has 4 rings (SSSR count). The topological polar surface area (TPSA) is 96.5 Å². The lowest BCUT2D eigenvalue weighted by molar-refractivity contribution is -0.121. The molecule has 3 aromatic heterocycles. The number of aromatic nitrogens is 5. The maximum atomic E-state index is 12.6. The Morgan fingerprint density at radius 2 is 1.76 bits per heavy atom. The number of carbonyl (C=O) groups is 1. The smallest absolute Gasteiger partial charge is 0.221 e. The minimum atomic E-state index is -0.112. The van der Waals surface area contributed by atoms with Crippen LogP contribution in [0.15, 0.2) is 79.3 Å². The van der Waals surface area contributed by atoms with Gasteiger partial charge in [0.2, 0.25) is 5.91 Å². The monoisotopic (exact) mass is 384 g/mol. The summed E-state index contributed by atoms with van der Waals surface area (Å²) in [6.45, 7) is 0.278. The Morgan fingerprint density at radius 1 is 0.966 bits per heavy atom. The molecule has 0 saturated carbocycles. The third kappa shape index (κ3) is 4.70. The van der Waals surface area contributed by atoms with Crippen molar-refractivity contribution in [1.29, 1.82) is 0 Å². The van der Waals surface area contributed by atoms with Gasteiger partial charge in [0.25, 0.3) is 0 Å². The van der Waals surface area contributed by atoms with Crippen LogP contribution in [0, 0.1) is 0 Å². The Hall–Kier alpha value is -3.87. The highest BCUT2D eigenvalue weighted by Gasteiger charge is 2.19. The first-order valence-electron chi connectivity index (χ1n) is 9.34. The number of carbonyl (C=O) groups excluding carboxylic acids is 1. The summed E-state index contributed by atoms with van der Waals surface area (Å²) in [4.78, 5) is 25.5. The molecular weight excluding hydrogens is 364 g/mol. The Bertz CT molecular complexity index is 1010. The van der Waals surface area contributed by atoms with Gasteiger partial charge < -0.3 is 5.32 Å². The van der Waals surface area contributed by atoms with Crippen molar-refractivity contribution >= 4 is 5.91 Å². The zero-order chi connectivity index (χ0) is 19.9. The molecule has 0 radical (unpaired) electrons. The first kappa shape index (κ1) is 18.5. The number of hydrogen-bond acceptors (Lipinski definition) is 5. The summed E-state index contributed by atoms with van der Waals surface area (Å²) in [6.07, 6.45) is 5.42. The zero-order valence-corrected chi connectivity index (χ0v) is 15.7. The second-order valence-electron chi connectivity index (χ2n) is 6.54. The number of aromatic amines is 1. The van der Waals surface area contributed by atoms with Crippen molar-refractivity contribution in [3.8, 4) is 11.4 Å². The lowest BCUT2D eigenvalue weighted by Crippen LogP contribution is -2.25. The Balaban J connectivity index is 1.42. The van der Waals surface area contributed by atoms with Crippen molar-refractivity contribution in [2.75, 3.05) is 0 Å². The molecule has 0 aliphatic heterocycles. The van der Waals surface area contributed by atoms with Gasteiger partial charge in [0, 0.05) is 42.2 Å². The molecule has 0 unspecified atom stereocenters. The summed E-state index contributed by atoms with van der Waals surface area (Å²) in [5, 5.41) is 9.98. The van der Waals surface area contributed by atoms with Crippen molar-refractivity contribution in [3.63, 3.8) is 0 Å². The molecule has 0 bridgehead atoms. The molecule has 0 saturated heterocycles. The highest BCUT2D eigenvalue weighted by molar-refractivity contribution is 5.77. The lowest BCUT2D eigenvalue weighted by Gasteiger charge is -2.16. The molecule has 0 aliphatic rings. The molecule has 7 heteroatoms. The summed E-state index contributed by atoms with van der Waals surface area (Å²) in [5.74, 6) is 0.984. The second-order valence-corrected chi connectivity index (χ2v) is 6.54. The fraction of sp³-hybridized carbons (Fsp3) is 0.136. The molecule has 7 nitrogen and oxygen atoms in total. The fourth-order valence-electron chi connectivity index (χ4n) is 3.10. The maximum absolute atomic E-state index is 12.6. The highest BCUT2D eigenvalue weighted by atomic mass is 16.1. The van der Waals surface area contributed by atoms with Crippen molar-refractivity contribution in [3.05, 3.63) is 96.3 Å². The molecule has 3 heterocycles. The minimum absolute atomic E-state index is 0.0774. The predicted molar refractivity (Wildman–Crippen MR) is 109 cm³/mol. The van der Waals surface area contributed by atoms with Crippen LogP contribution in [-0.2, 0) is 11.3 Å². The number of H-pyrrole nitrogens is 1. The molecule has 29 heavy (non-hydrogen) atoms. The van der Waals surface area contributed by atoms with Crippen LogP contribution in [0.5, 0.6) is 0 Å². The molecule has 2 N–H and O–H groups in total. The van der Waals surface area contributed by atoms with E-state index in [-0.39, 0.29) is 18.4 Å². The number of benzene rings is 1. The Morgan fingerprint density at radius 3 is 2.52 bits per heavy atom. The predicted octanol–water partition coefficient (Wildman–Crippen LogP) is 3.10. The van der Waals surface area contributed by atoms with Gasteiger partial charge in [-0.05, 0) is 29.8 Å². The van der Waals surface area contributed by atoms with Crippen LogP contribution in [-0.4, -0.2) is 31.1 Å². The molecule has 1 aromatic carbocycles. The van der Waals surface area contributed by atoms with E-state index < -0.39 is 0 Å². The van der Waals surface area contributed by atoms with Crippen LogP contribution in [0.1, 0.15) is 29.4 Å². The Kier molecular flexibility index (Phi) is 5.66. The van der Waals surface area contributed by atoms with Crippen LogP contribution in [0.25, 0.3) is 11.4 Å². The van der Waals surface area contributed by atoms with Gasteiger partial charge in [-0.25, -0.2) is 4.98 Å². The van der Waals surface area contributed by atoms with E-state index in [2.05, 4.69) is 30.5 Å². The summed E-state index contributed by atoms with van der Waals surface area (Å²) in [5.41, 5.74) is 2.79. The van der Waals surface area contributed by atoms with E-state index in [1.54, 1.807) is 18.6 Å². The number of nitrogens with zero attached hydrogens (tertiary/aromatic N) is 4.